The molecule has 0 aliphatic rings. The molecule has 2 rings (SSSR count). The predicted molar refractivity (Wildman–Crippen MR) is 64.0 cm³/mol. The Kier molecular flexibility index (Phi) is 3.15. The summed E-state index contributed by atoms with van der Waals surface area (Å²) < 4.78 is 6.64. The summed E-state index contributed by atoms with van der Waals surface area (Å²) in [4.78, 5) is 12.1. The van der Waals surface area contributed by atoms with Crippen LogP contribution in [0.3, 0.4) is 0 Å². The molecule has 18 heavy (non-hydrogen) atoms. The van der Waals surface area contributed by atoms with Gasteiger partial charge >= 0.3 is 0 Å². The van der Waals surface area contributed by atoms with Crippen LogP contribution in [0.5, 0.6) is 0 Å². The minimum atomic E-state index is -0.305. The Labute approximate surface area is 104 Å². The number of rotatable bonds is 3. The minimum absolute atomic E-state index is 0.305. The lowest BCUT2D eigenvalue weighted by atomic mass is 10.2. The first-order chi connectivity index (χ1) is 8.67. The van der Waals surface area contributed by atoms with Crippen LogP contribution in [0.25, 0.3) is 0 Å². The number of anilines is 1. The Hall–Kier alpha value is -2.55. The van der Waals surface area contributed by atoms with Gasteiger partial charge in [-0.1, -0.05) is 6.92 Å². The highest BCUT2D eigenvalue weighted by molar-refractivity contribution is 6.05. The highest BCUT2D eigenvalue weighted by Crippen LogP contribution is 2.17. The van der Waals surface area contributed by atoms with Crippen molar-refractivity contribution in [1.82, 2.24) is 9.78 Å². The fourth-order valence-corrected chi connectivity index (χ4v) is 1.66. The van der Waals surface area contributed by atoms with E-state index >= 15 is 0 Å². The summed E-state index contributed by atoms with van der Waals surface area (Å²) in [6.07, 6.45) is 3.51. The zero-order valence-corrected chi connectivity index (χ0v) is 10.1. The van der Waals surface area contributed by atoms with E-state index in [1.54, 1.807) is 13.1 Å². The van der Waals surface area contributed by atoms with Crippen molar-refractivity contribution in [3.8, 4) is 6.07 Å². The molecule has 0 atom stereocenters. The second-order valence-corrected chi connectivity index (χ2v) is 3.71. The fourth-order valence-electron chi connectivity index (χ4n) is 1.66. The fraction of sp³-hybridized carbons (Fsp3) is 0.250. The lowest BCUT2D eigenvalue weighted by Gasteiger charge is -2.05. The monoisotopic (exact) mass is 244 g/mol. The molecule has 0 aromatic carbocycles. The molecule has 0 radical (unpaired) electrons. The van der Waals surface area contributed by atoms with Crippen molar-refractivity contribution in [2.75, 3.05) is 5.32 Å². The van der Waals surface area contributed by atoms with Gasteiger partial charge in [0.2, 0.25) is 0 Å². The third kappa shape index (κ3) is 1.98. The van der Waals surface area contributed by atoms with E-state index in [0.717, 1.165) is 0 Å². The van der Waals surface area contributed by atoms with Gasteiger partial charge in [-0.2, -0.15) is 10.4 Å². The van der Waals surface area contributed by atoms with E-state index in [0.29, 0.717) is 29.1 Å². The number of hydrogen-bond donors (Lipinski definition) is 1. The molecular formula is C12H12N4O2. The van der Waals surface area contributed by atoms with Crippen molar-refractivity contribution in [3.05, 3.63) is 35.4 Å². The van der Waals surface area contributed by atoms with Gasteiger partial charge in [0.1, 0.15) is 23.2 Å². The third-order valence-corrected chi connectivity index (χ3v) is 2.60. The molecule has 6 heteroatoms. The van der Waals surface area contributed by atoms with Crippen molar-refractivity contribution >= 4 is 11.7 Å². The Balaban J connectivity index is 2.27. The molecule has 0 bridgehead atoms. The summed E-state index contributed by atoms with van der Waals surface area (Å²) in [5.74, 6) is 0.694. The van der Waals surface area contributed by atoms with E-state index in [2.05, 4.69) is 10.4 Å². The van der Waals surface area contributed by atoms with Gasteiger partial charge in [-0.3, -0.25) is 9.48 Å². The average molecular weight is 244 g/mol. The lowest BCUT2D eigenvalue weighted by molar-refractivity contribution is 0.102. The van der Waals surface area contributed by atoms with Gasteiger partial charge in [0.25, 0.3) is 5.91 Å². The SMILES string of the molecule is CCc1occc1C(=O)Nc1c(C#N)cnn1C. The Morgan fingerprint density at radius 1 is 1.67 bits per heavy atom. The molecule has 6 nitrogen and oxygen atoms in total. The van der Waals surface area contributed by atoms with Crippen molar-refractivity contribution in [3.63, 3.8) is 0 Å². The number of aryl methyl sites for hydroxylation is 2. The lowest BCUT2D eigenvalue weighted by Crippen LogP contribution is -2.16. The molecule has 2 aromatic rings. The number of nitrogens with zero attached hydrogens (tertiary/aromatic N) is 3. The van der Waals surface area contributed by atoms with Crippen LogP contribution in [0.2, 0.25) is 0 Å². The summed E-state index contributed by atoms with van der Waals surface area (Å²) in [5.41, 5.74) is 0.801. The van der Waals surface area contributed by atoms with Gasteiger partial charge in [0, 0.05) is 13.5 Å². The Bertz CT molecular complexity index is 618. The van der Waals surface area contributed by atoms with Gasteiger partial charge in [-0.25, -0.2) is 0 Å². The van der Waals surface area contributed by atoms with Crippen LogP contribution in [-0.4, -0.2) is 15.7 Å². The van der Waals surface area contributed by atoms with Gasteiger partial charge in [-0.15, -0.1) is 0 Å². The van der Waals surface area contributed by atoms with Crippen molar-refractivity contribution in [1.29, 1.82) is 5.26 Å². The van der Waals surface area contributed by atoms with Crippen molar-refractivity contribution in [2.45, 2.75) is 13.3 Å². The topological polar surface area (TPSA) is 83.8 Å². The molecule has 92 valence electrons. The first kappa shape index (κ1) is 11.9. The highest BCUT2D eigenvalue weighted by atomic mass is 16.3. The standard InChI is InChI=1S/C12H12N4O2/c1-3-10-9(4-5-18-10)12(17)15-11-8(6-13)7-14-16(11)2/h4-5,7H,3H2,1-2H3,(H,15,17). The maximum absolute atomic E-state index is 12.1. The zero-order valence-electron chi connectivity index (χ0n) is 10.1. The summed E-state index contributed by atoms with van der Waals surface area (Å²) in [6, 6.07) is 3.58. The number of aromatic nitrogens is 2. The van der Waals surface area contributed by atoms with E-state index in [-0.39, 0.29) is 5.91 Å². The number of nitriles is 1. The number of nitrogens with one attached hydrogen (secondary N) is 1. The largest absolute Gasteiger partial charge is 0.469 e. The van der Waals surface area contributed by atoms with Gasteiger partial charge in [-0.05, 0) is 6.07 Å². The molecule has 0 spiro atoms. The molecular weight excluding hydrogens is 232 g/mol. The highest BCUT2D eigenvalue weighted by Gasteiger charge is 2.17. The van der Waals surface area contributed by atoms with E-state index in [4.69, 9.17) is 9.68 Å². The van der Waals surface area contributed by atoms with Crippen LogP contribution in [0, 0.1) is 11.3 Å². The smallest absolute Gasteiger partial charge is 0.260 e. The normalized spacial score (nSPS) is 10.1. The van der Waals surface area contributed by atoms with Crippen LogP contribution >= 0.6 is 0 Å². The molecule has 2 heterocycles. The zero-order chi connectivity index (χ0) is 13.1. The maximum atomic E-state index is 12.1. The van der Waals surface area contributed by atoms with E-state index < -0.39 is 0 Å². The summed E-state index contributed by atoms with van der Waals surface area (Å²) in [5, 5.41) is 15.5. The third-order valence-electron chi connectivity index (χ3n) is 2.60. The Morgan fingerprint density at radius 2 is 2.44 bits per heavy atom. The Morgan fingerprint density at radius 3 is 3.11 bits per heavy atom. The van der Waals surface area contributed by atoms with Crippen LogP contribution in [0.1, 0.15) is 28.6 Å². The molecule has 0 saturated heterocycles. The number of carbonyl (C=O) groups excluding carboxylic acids is 1. The molecule has 1 amide bonds. The second kappa shape index (κ2) is 4.75. The van der Waals surface area contributed by atoms with Crippen LogP contribution in [-0.2, 0) is 13.5 Å². The number of amides is 1. The first-order valence-corrected chi connectivity index (χ1v) is 5.47. The van der Waals surface area contributed by atoms with Gasteiger partial charge in [0.15, 0.2) is 0 Å². The second-order valence-electron chi connectivity index (χ2n) is 3.71. The molecule has 0 aliphatic carbocycles. The van der Waals surface area contributed by atoms with Gasteiger partial charge in [0.05, 0.1) is 18.0 Å². The quantitative estimate of drug-likeness (QED) is 0.890. The van der Waals surface area contributed by atoms with Crippen molar-refractivity contribution < 1.29 is 9.21 Å². The molecule has 1 N–H and O–H groups in total. The summed E-state index contributed by atoms with van der Waals surface area (Å²) >= 11 is 0. The van der Waals surface area contributed by atoms with Crippen molar-refractivity contribution in [2.24, 2.45) is 7.05 Å². The number of carbonyl (C=O) groups is 1. The molecule has 0 fully saturated rings. The minimum Gasteiger partial charge on any atom is -0.469 e. The average Bonchev–Trinajstić information content (AvgIpc) is 2.97. The van der Waals surface area contributed by atoms with Crippen LogP contribution in [0.15, 0.2) is 22.9 Å². The van der Waals surface area contributed by atoms with E-state index in [1.807, 2.05) is 13.0 Å². The molecule has 0 aliphatic heterocycles. The number of furan rings is 1. The van der Waals surface area contributed by atoms with Crippen LogP contribution in [0.4, 0.5) is 5.82 Å². The molecule has 2 aromatic heterocycles. The van der Waals surface area contributed by atoms with Gasteiger partial charge < -0.3 is 9.73 Å². The number of hydrogen-bond acceptors (Lipinski definition) is 4. The first-order valence-electron chi connectivity index (χ1n) is 5.47. The molecule has 0 saturated carbocycles. The summed E-state index contributed by atoms with van der Waals surface area (Å²) in [6.45, 7) is 1.90. The van der Waals surface area contributed by atoms with Crippen LogP contribution < -0.4 is 5.32 Å². The molecule has 0 unspecified atom stereocenters. The van der Waals surface area contributed by atoms with E-state index in [1.165, 1.54) is 17.1 Å². The maximum Gasteiger partial charge on any atom is 0.260 e. The predicted octanol–water partition coefficient (Wildman–Crippen LogP) is 1.70. The van der Waals surface area contributed by atoms with E-state index in [9.17, 15) is 4.79 Å². The summed E-state index contributed by atoms with van der Waals surface area (Å²) in [7, 11) is 1.66.